The van der Waals surface area contributed by atoms with Gasteiger partial charge >= 0.3 is 0 Å². The zero-order chi connectivity index (χ0) is 15.0. The molecule has 0 aliphatic carbocycles. The van der Waals surface area contributed by atoms with Crippen molar-refractivity contribution in [2.75, 3.05) is 19.6 Å². The molecule has 21 heavy (non-hydrogen) atoms. The van der Waals surface area contributed by atoms with Crippen molar-refractivity contribution in [1.82, 2.24) is 9.80 Å². The molecule has 2 aliphatic heterocycles. The summed E-state index contributed by atoms with van der Waals surface area (Å²) in [7, 11) is 0. The van der Waals surface area contributed by atoms with Gasteiger partial charge in [0.1, 0.15) is 11.7 Å². The van der Waals surface area contributed by atoms with Gasteiger partial charge in [0.05, 0.1) is 12.6 Å². The Kier molecular flexibility index (Phi) is 3.76. The summed E-state index contributed by atoms with van der Waals surface area (Å²) in [5, 5.41) is 3.52. The van der Waals surface area contributed by atoms with E-state index in [4.69, 9.17) is 5.73 Å². The Labute approximate surface area is 126 Å². The summed E-state index contributed by atoms with van der Waals surface area (Å²) in [4.78, 5) is 11.5. The van der Waals surface area contributed by atoms with Crippen molar-refractivity contribution in [3.05, 3.63) is 29.3 Å². The smallest absolute Gasteiger partial charge is 0.248 e. The molecule has 2 heterocycles. The molecule has 3 N–H and O–H groups in total. The molecule has 4 nitrogen and oxygen atoms in total. The van der Waals surface area contributed by atoms with E-state index in [1.54, 1.807) is 0 Å². The van der Waals surface area contributed by atoms with Crippen LogP contribution in [0.5, 0.6) is 0 Å². The van der Waals surface area contributed by atoms with Gasteiger partial charge in [-0.15, -0.1) is 0 Å². The fourth-order valence-corrected chi connectivity index (χ4v) is 4.45. The second-order valence-corrected chi connectivity index (χ2v) is 6.66. The number of aryl methyl sites for hydroxylation is 1. The van der Waals surface area contributed by atoms with Gasteiger partial charge in [0, 0.05) is 44.0 Å². The number of hydrogen-bond donors (Lipinski definition) is 2. The van der Waals surface area contributed by atoms with E-state index < -0.39 is 0 Å². The summed E-state index contributed by atoms with van der Waals surface area (Å²) in [5.41, 5.74) is 8.45. The molecule has 2 saturated heterocycles. The molecular formula is C17H26N3O+. The lowest BCUT2D eigenvalue weighted by atomic mass is 10.0. The number of carbonyl (C=O) groups excluding carboxylic acids is 1. The van der Waals surface area contributed by atoms with Crippen LogP contribution in [0.3, 0.4) is 0 Å². The highest BCUT2D eigenvalue weighted by atomic mass is 16.1. The number of nitrogens with zero attached hydrogens (tertiary/aromatic N) is 1. The van der Waals surface area contributed by atoms with Gasteiger partial charge < -0.3 is 11.1 Å². The Morgan fingerprint density at radius 2 is 2.19 bits per heavy atom. The van der Waals surface area contributed by atoms with E-state index in [9.17, 15) is 4.79 Å². The summed E-state index contributed by atoms with van der Waals surface area (Å²) in [6, 6.07) is 7.54. The maximum Gasteiger partial charge on any atom is 0.248 e. The molecule has 0 spiro atoms. The van der Waals surface area contributed by atoms with Gasteiger partial charge in [-0.2, -0.15) is 0 Å². The largest absolute Gasteiger partial charge is 0.366 e. The highest BCUT2D eigenvalue weighted by Gasteiger charge is 2.48. The summed E-state index contributed by atoms with van der Waals surface area (Å²) < 4.78 is 1.08. The van der Waals surface area contributed by atoms with E-state index in [2.05, 4.69) is 24.4 Å². The lowest BCUT2D eigenvalue weighted by Crippen LogP contribution is -2.59. The third-order valence-electron chi connectivity index (χ3n) is 5.58. The molecule has 0 aromatic heterocycles. The Bertz CT molecular complexity index is 551. The zero-order valence-electron chi connectivity index (χ0n) is 13.1. The van der Waals surface area contributed by atoms with Crippen molar-refractivity contribution in [3.8, 4) is 0 Å². The molecule has 1 aromatic carbocycles. The van der Waals surface area contributed by atoms with E-state index in [0.717, 1.165) is 23.1 Å². The third-order valence-corrected chi connectivity index (χ3v) is 5.58. The Morgan fingerprint density at radius 1 is 1.38 bits per heavy atom. The first kappa shape index (κ1) is 14.5. The van der Waals surface area contributed by atoms with Gasteiger partial charge in [0.25, 0.3) is 0 Å². The van der Waals surface area contributed by atoms with Crippen molar-refractivity contribution in [2.24, 2.45) is 5.73 Å². The van der Waals surface area contributed by atoms with Gasteiger partial charge in [-0.05, 0) is 31.5 Å². The standard InChI is InChI=1S/C17H25N3O/c1-12-10-14(5-6-16(12)17(18)21)20(9-3-4-13(20)2)15-7-8-19-11-15/h5-6,10,13,15,19H,3-4,7-9,11H2,1-2H3,(H-,18,21)/p+1. The molecule has 0 saturated carbocycles. The Hall–Kier alpha value is -1.39. The topological polar surface area (TPSA) is 55.1 Å². The van der Waals surface area contributed by atoms with E-state index in [1.165, 1.54) is 31.5 Å². The Morgan fingerprint density at radius 3 is 2.71 bits per heavy atom. The van der Waals surface area contributed by atoms with Crippen molar-refractivity contribution >= 4 is 11.6 Å². The van der Waals surface area contributed by atoms with E-state index in [-0.39, 0.29) is 5.91 Å². The average molecular weight is 288 g/mol. The van der Waals surface area contributed by atoms with Crippen LogP contribution in [-0.4, -0.2) is 37.6 Å². The van der Waals surface area contributed by atoms with Crippen LogP contribution in [0.2, 0.25) is 0 Å². The fourth-order valence-electron chi connectivity index (χ4n) is 4.45. The zero-order valence-corrected chi connectivity index (χ0v) is 13.1. The van der Waals surface area contributed by atoms with Crippen molar-refractivity contribution < 1.29 is 4.79 Å². The predicted octanol–water partition coefficient (Wildman–Crippen LogP) is 1.95. The molecular weight excluding hydrogens is 262 g/mol. The van der Waals surface area contributed by atoms with Crippen LogP contribution in [0, 0.1) is 6.92 Å². The number of carbonyl (C=O) groups is 1. The normalized spacial score (nSPS) is 32.5. The molecule has 114 valence electrons. The van der Waals surface area contributed by atoms with Crippen LogP contribution in [0.25, 0.3) is 0 Å². The summed E-state index contributed by atoms with van der Waals surface area (Å²) >= 11 is 0. The minimum absolute atomic E-state index is 0.331. The summed E-state index contributed by atoms with van der Waals surface area (Å²) in [6.45, 7) is 7.80. The molecule has 3 rings (SSSR count). The number of nitrogens with one attached hydrogen (secondary N) is 1. The first-order valence-corrected chi connectivity index (χ1v) is 8.05. The number of benzene rings is 1. The van der Waals surface area contributed by atoms with Gasteiger partial charge in [-0.1, -0.05) is 0 Å². The highest BCUT2D eigenvalue weighted by Crippen LogP contribution is 2.39. The molecule has 2 aliphatic rings. The molecule has 2 fully saturated rings. The number of nitrogens with two attached hydrogens (primary N) is 1. The summed E-state index contributed by atoms with van der Waals surface area (Å²) in [6.07, 6.45) is 3.81. The fraction of sp³-hybridized carbons (Fsp3) is 0.588. The second kappa shape index (κ2) is 5.43. The number of rotatable bonds is 3. The van der Waals surface area contributed by atoms with Crippen molar-refractivity contribution in [3.63, 3.8) is 0 Å². The van der Waals surface area contributed by atoms with Crippen LogP contribution >= 0.6 is 0 Å². The van der Waals surface area contributed by atoms with Gasteiger partial charge in [0.2, 0.25) is 5.91 Å². The van der Waals surface area contributed by atoms with Crippen LogP contribution in [0.4, 0.5) is 5.69 Å². The molecule has 3 atom stereocenters. The van der Waals surface area contributed by atoms with Crippen molar-refractivity contribution in [2.45, 2.75) is 45.2 Å². The number of likely N-dealkylation sites (tertiary alicyclic amines) is 1. The van der Waals surface area contributed by atoms with Crippen LogP contribution in [0.1, 0.15) is 42.1 Å². The molecule has 0 bridgehead atoms. The van der Waals surface area contributed by atoms with Gasteiger partial charge in [0.15, 0.2) is 0 Å². The first-order valence-electron chi connectivity index (χ1n) is 8.05. The maximum atomic E-state index is 11.5. The van der Waals surface area contributed by atoms with E-state index in [0.29, 0.717) is 17.6 Å². The summed E-state index contributed by atoms with van der Waals surface area (Å²) in [5.74, 6) is -0.331. The second-order valence-electron chi connectivity index (χ2n) is 6.66. The molecule has 3 unspecified atom stereocenters. The van der Waals surface area contributed by atoms with Gasteiger partial charge in [-0.25, -0.2) is 0 Å². The Balaban J connectivity index is 2.05. The maximum absolute atomic E-state index is 11.5. The molecule has 1 aromatic rings. The lowest BCUT2D eigenvalue weighted by Gasteiger charge is -2.43. The predicted molar refractivity (Wildman–Crippen MR) is 86.3 cm³/mol. The number of primary amides is 1. The van der Waals surface area contributed by atoms with Gasteiger partial charge in [-0.3, -0.25) is 9.28 Å². The molecule has 0 radical (unpaired) electrons. The SMILES string of the molecule is Cc1cc([N+]2(C3CCNC3)CCCC2C)ccc1C(N)=O. The number of hydrogen-bond acceptors (Lipinski definition) is 2. The molecule has 4 heteroatoms. The number of amides is 1. The highest BCUT2D eigenvalue weighted by molar-refractivity contribution is 5.94. The number of quaternary nitrogens is 1. The first-order chi connectivity index (χ1) is 10.1. The quantitative estimate of drug-likeness (QED) is 0.835. The van der Waals surface area contributed by atoms with Crippen molar-refractivity contribution in [1.29, 1.82) is 0 Å². The van der Waals surface area contributed by atoms with Crippen LogP contribution < -0.4 is 15.5 Å². The van der Waals surface area contributed by atoms with Crippen LogP contribution in [0.15, 0.2) is 18.2 Å². The van der Waals surface area contributed by atoms with E-state index in [1.807, 2.05) is 13.0 Å². The molecule has 1 amide bonds. The third kappa shape index (κ3) is 2.27. The minimum atomic E-state index is -0.331. The van der Waals surface area contributed by atoms with E-state index >= 15 is 0 Å². The lowest BCUT2D eigenvalue weighted by molar-refractivity contribution is 0.0999. The average Bonchev–Trinajstić information content (AvgIpc) is 3.07. The minimum Gasteiger partial charge on any atom is -0.366 e. The monoisotopic (exact) mass is 288 g/mol. The van der Waals surface area contributed by atoms with Crippen LogP contribution in [-0.2, 0) is 0 Å².